The van der Waals surface area contributed by atoms with Crippen molar-refractivity contribution in [3.63, 3.8) is 0 Å². The zero-order chi connectivity index (χ0) is 22.3. The van der Waals surface area contributed by atoms with Gasteiger partial charge in [-0.15, -0.1) is 11.8 Å². The number of rotatable bonds is 6. The number of ether oxygens (including phenoxy) is 4. The van der Waals surface area contributed by atoms with Crippen molar-refractivity contribution in [3.05, 3.63) is 0 Å². The first-order valence-corrected chi connectivity index (χ1v) is 12.6. The zero-order valence-corrected chi connectivity index (χ0v) is 19.6. The van der Waals surface area contributed by atoms with E-state index in [0.717, 1.165) is 64.6 Å². The van der Waals surface area contributed by atoms with Crippen LogP contribution in [0.2, 0.25) is 0 Å². The lowest BCUT2D eigenvalue weighted by Gasteiger charge is -2.29. The zero-order valence-electron chi connectivity index (χ0n) is 19.6. The second-order valence-electron chi connectivity index (χ2n) is 9.85. The van der Waals surface area contributed by atoms with Gasteiger partial charge in [0.1, 0.15) is 11.9 Å². The summed E-state index contributed by atoms with van der Waals surface area (Å²) in [4.78, 5) is 12.2. The first kappa shape index (κ1) is 23.8. The highest BCUT2D eigenvalue weighted by atomic mass is 16.7. The Morgan fingerprint density at radius 1 is 1.06 bits per heavy atom. The van der Waals surface area contributed by atoms with E-state index in [1.54, 1.807) is 0 Å². The molecule has 2 unspecified atom stereocenters. The standard InChI is InChI=1S/C27H38O5/c1-3-4-9-19(2)24(31-26-10-5-7-14-29-26)13-12-22-23-18-21(28)16-20(23)17-25(22)32-27-11-6-8-15-30-27/h19-20,22-27H,5-11,14-18H2,1-2H3/t19-,20-,22-,23-,24+,25+,26?,27?/m0/s1. The van der Waals surface area contributed by atoms with Gasteiger partial charge in [-0.25, -0.2) is 0 Å². The smallest absolute Gasteiger partial charge is 0.159 e. The van der Waals surface area contributed by atoms with Crippen molar-refractivity contribution in [2.24, 2.45) is 23.7 Å². The first-order chi connectivity index (χ1) is 15.6. The number of hydrogen-bond donors (Lipinski definition) is 0. The summed E-state index contributed by atoms with van der Waals surface area (Å²) in [6, 6.07) is 0. The molecule has 4 fully saturated rings. The van der Waals surface area contributed by atoms with Gasteiger partial charge in [-0.3, -0.25) is 4.79 Å². The van der Waals surface area contributed by atoms with Crippen molar-refractivity contribution in [2.75, 3.05) is 13.2 Å². The van der Waals surface area contributed by atoms with Gasteiger partial charge in [0.05, 0.1) is 12.0 Å². The second kappa shape index (κ2) is 11.7. The van der Waals surface area contributed by atoms with Crippen LogP contribution < -0.4 is 0 Å². The number of ketones is 1. The molecule has 4 aliphatic rings. The van der Waals surface area contributed by atoms with E-state index in [1.807, 2.05) is 6.92 Å². The van der Waals surface area contributed by atoms with Gasteiger partial charge in [-0.1, -0.05) is 18.8 Å². The Hall–Kier alpha value is -1.37. The predicted molar refractivity (Wildman–Crippen MR) is 121 cm³/mol. The van der Waals surface area contributed by atoms with E-state index in [4.69, 9.17) is 18.9 Å². The molecule has 0 bridgehead atoms. The molecule has 8 atom stereocenters. The van der Waals surface area contributed by atoms with Crippen LogP contribution in [0.25, 0.3) is 0 Å². The number of carbonyl (C=O) groups excluding carboxylic acids is 1. The fraction of sp³-hybridized carbons (Fsp3) is 0.815. The minimum absolute atomic E-state index is 0.0334. The van der Waals surface area contributed by atoms with Crippen molar-refractivity contribution < 1.29 is 23.7 Å². The molecule has 0 radical (unpaired) electrons. The van der Waals surface area contributed by atoms with Crippen LogP contribution in [-0.4, -0.2) is 43.8 Å². The van der Waals surface area contributed by atoms with Crippen LogP contribution in [0.5, 0.6) is 0 Å². The second-order valence-corrected chi connectivity index (χ2v) is 9.85. The lowest BCUT2D eigenvalue weighted by Crippen LogP contribution is -2.32. The molecule has 0 aromatic rings. The van der Waals surface area contributed by atoms with Crippen molar-refractivity contribution >= 4 is 5.78 Å². The van der Waals surface area contributed by atoms with Gasteiger partial charge in [0, 0.05) is 38.4 Å². The lowest BCUT2D eigenvalue weighted by atomic mass is 9.91. The molecule has 2 saturated heterocycles. The molecule has 5 heteroatoms. The van der Waals surface area contributed by atoms with Crippen molar-refractivity contribution in [1.29, 1.82) is 0 Å². The van der Waals surface area contributed by atoms with Gasteiger partial charge in [0.25, 0.3) is 0 Å². The third-order valence-corrected chi connectivity index (χ3v) is 7.37. The number of hydrogen-bond acceptors (Lipinski definition) is 5. The molecule has 2 aliphatic heterocycles. The third-order valence-electron chi connectivity index (χ3n) is 7.37. The van der Waals surface area contributed by atoms with E-state index in [2.05, 4.69) is 30.6 Å². The summed E-state index contributed by atoms with van der Waals surface area (Å²) in [5.74, 6) is 14.5. The topological polar surface area (TPSA) is 54.0 Å². The van der Waals surface area contributed by atoms with Crippen molar-refractivity contribution in [3.8, 4) is 23.7 Å². The van der Waals surface area contributed by atoms with Gasteiger partial charge in [-0.05, 0) is 63.7 Å². The molecule has 0 aromatic carbocycles. The van der Waals surface area contributed by atoms with E-state index in [1.165, 1.54) is 0 Å². The minimum Gasteiger partial charge on any atom is -0.353 e. The largest absolute Gasteiger partial charge is 0.353 e. The summed E-state index contributed by atoms with van der Waals surface area (Å²) in [6.07, 6.45) is 8.76. The van der Waals surface area contributed by atoms with E-state index in [-0.39, 0.29) is 36.6 Å². The van der Waals surface area contributed by atoms with Gasteiger partial charge in [0.15, 0.2) is 12.6 Å². The van der Waals surface area contributed by atoms with Crippen LogP contribution in [0, 0.1) is 47.4 Å². The summed E-state index contributed by atoms with van der Waals surface area (Å²) in [5, 5.41) is 0. The number of carbonyl (C=O) groups is 1. The molecule has 0 aromatic heterocycles. The molecule has 4 rings (SSSR count). The minimum atomic E-state index is -0.235. The van der Waals surface area contributed by atoms with Crippen LogP contribution in [0.1, 0.15) is 78.1 Å². The summed E-state index contributed by atoms with van der Waals surface area (Å²) in [5.41, 5.74) is 0. The molecule has 2 heterocycles. The molecular formula is C27H38O5. The molecule has 0 N–H and O–H groups in total. The van der Waals surface area contributed by atoms with Gasteiger partial charge >= 0.3 is 0 Å². The maximum atomic E-state index is 12.2. The quantitative estimate of drug-likeness (QED) is 0.568. The SMILES string of the molecule is CC#CC[C@H](C)[C@@H](C#C[C@H]1[C@H]2CC(=O)C[C@H]2C[C@H]1OC1CCCCO1)OC1CCCCO1. The first-order valence-electron chi connectivity index (χ1n) is 12.6. The van der Waals surface area contributed by atoms with Crippen molar-refractivity contribution in [1.82, 2.24) is 0 Å². The number of fused-ring (bicyclic) bond motifs is 1. The fourth-order valence-corrected chi connectivity index (χ4v) is 5.55. The van der Waals surface area contributed by atoms with E-state index in [0.29, 0.717) is 30.5 Å². The highest BCUT2D eigenvalue weighted by molar-refractivity contribution is 5.81. The molecule has 176 valence electrons. The number of Topliss-reactive ketones (excluding diaryl/α,β-unsaturated/α-hetero) is 1. The van der Waals surface area contributed by atoms with Gasteiger partial charge in [0.2, 0.25) is 0 Å². The average molecular weight is 443 g/mol. The Morgan fingerprint density at radius 3 is 2.50 bits per heavy atom. The monoisotopic (exact) mass is 442 g/mol. The molecule has 0 amide bonds. The summed E-state index contributed by atoms with van der Waals surface area (Å²) >= 11 is 0. The Balaban J connectivity index is 1.49. The maximum Gasteiger partial charge on any atom is 0.159 e. The highest BCUT2D eigenvalue weighted by Gasteiger charge is 2.49. The maximum absolute atomic E-state index is 12.2. The van der Waals surface area contributed by atoms with Crippen LogP contribution in [0.4, 0.5) is 0 Å². The predicted octanol–water partition coefficient (Wildman–Crippen LogP) is 4.48. The summed E-state index contributed by atoms with van der Waals surface area (Å²) < 4.78 is 24.4. The third kappa shape index (κ3) is 6.15. The molecule has 2 aliphatic carbocycles. The van der Waals surface area contributed by atoms with E-state index < -0.39 is 0 Å². The molecule has 2 saturated carbocycles. The van der Waals surface area contributed by atoms with Gasteiger partial charge in [-0.2, -0.15) is 0 Å². The Bertz CT molecular complexity index is 743. The van der Waals surface area contributed by atoms with Gasteiger partial charge < -0.3 is 18.9 Å². The van der Waals surface area contributed by atoms with E-state index >= 15 is 0 Å². The summed E-state index contributed by atoms with van der Waals surface area (Å²) in [6.45, 7) is 5.53. The van der Waals surface area contributed by atoms with Crippen LogP contribution in [0.15, 0.2) is 0 Å². The lowest BCUT2D eigenvalue weighted by molar-refractivity contribution is -0.192. The molecular weight excluding hydrogens is 404 g/mol. The molecule has 32 heavy (non-hydrogen) atoms. The van der Waals surface area contributed by atoms with E-state index in [9.17, 15) is 4.79 Å². The Kier molecular flexibility index (Phi) is 8.67. The average Bonchev–Trinajstić information content (AvgIpc) is 3.31. The summed E-state index contributed by atoms with van der Waals surface area (Å²) in [7, 11) is 0. The Labute approximate surface area is 193 Å². The van der Waals surface area contributed by atoms with Crippen LogP contribution in [0.3, 0.4) is 0 Å². The van der Waals surface area contributed by atoms with Crippen LogP contribution in [-0.2, 0) is 23.7 Å². The normalized spacial score (nSPS) is 36.4. The molecule has 0 spiro atoms. The van der Waals surface area contributed by atoms with Crippen LogP contribution >= 0.6 is 0 Å². The fourth-order valence-electron chi connectivity index (χ4n) is 5.55. The highest BCUT2D eigenvalue weighted by Crippen LogP contribution is 2.48. The van der Waals surface area contributed by atoms with Crippen molar-refractivity contribution in [2.45, 2.75) is 103 Å². The molecule has 5 nitrogen and oxygen atoms in total. The Morgan fingerprint density at radius 2 is 1.81 bits per heavy atom.